The van der Waals surface area contributed by atoms with Crippen LogP contribution in [0.4, 0.5) is 0 Å². The zero-order valence-corrected chi connectivity index (χ0v) is 15.3. The Morgan fingerprint density at radius 3 is 2.48 bits per heavy atom. The summed E-state index contributed by atoms with van der Waals surface area (Å²) in [4.78, 5) is 0. The summed E-state index contributed by atoms with van der Waals surface area (Å²) in [6, 6.07) is 11.6. The lowest BCUT2D eigenvalue weighted by Crippen LogP contribution is -2.48. The van der Waals surface area contributed by atoms with E-state index in [1.807, 2.05) is 6.08 Å². The molecule has 27 heavy (non-hydrogen) atoms. The van der Waals surface area contributed by atoms with Crippen LogP contribution >= 0.6 is 0 Å². The number of methoxy groups -OCH3 is 2. The van der Waals surface area contributed by atoms with Gasteiger partial charge in [-0.1, -0.05) is 12.1 Å². The highest BCUT2D eigenvalue weighted by Gasteiger charge is 2.57. The summed E-state index contributed by atoms with van der Waals surface area (Å²) in [6.45, 7) is 0. The number of nitriles is 3. The number of hydrogen-bond donors (Lipinski definition) is 1. The van der Waals surface area contributed by atoms with E-state index in [2.05, 4.69) is 18.2 Å². The van der Waals surface area contributed by atoms with Crippen molar-refractivity contribution in [2.75, 3.05) is 14.2 Å². The molecule has 0 unspecified atom stereocenters. The summed E-state index contributed by atoms with van der Waals surface area (Å²) in [6.07, 6.45) is 4.54. The summed E-state index contributed by atoms with van der Waals surface area (Å²) < 4.78 is 10.8. The van der Waals surface area contributed by atoms with Crippen LogP contribution in [0.1, 0.15) is 30.7 Å². The molecule has 0 radical (unpaired) electrons. The molecule has 6 nitrogen and oxygen atoms in total. The maximum atomic E-state index is 10.0. The number of rotatable bonds is 3. The fourth-order valence-corrected chi connectivity index (χ4v) is 4.43. The van der Waals surface area contributed by atoms with Crippen molar-refractivity contribution in [2.24, 2.45) is 17.3 Å². The van der Waals surface area contributed by atoms with E-state index in [0.717, 1.165) is 24.8 Å². The van der Waals surface area contributed by atoms with E-state index >= 15 is 0 Å². The lowest BCUT2D eigenvalue weighted by molar-refractivity contribution is 0.307. The van der Waals surface area contributed by atoms with Gasteiger partial charge in [0.1, 0.15) is 17.4 Å². The number of hydrogen-bond acceptors (Lipinski definition) is 6. The first-order chi connectivity index (χ1) is 13.1. The second kappa shape index (κ2) is 7.14. The molecule has 2 aliphatic carbocycles. The topological polar surface area (TPSA) is 114 Å². The minimum Gasteiger partial charge on any atom is -0.497 e. The summed E-state index contributed by atoms with van der Waals surface area (Å²) in [5.74, 6) is -0.427. The van der Waals surface area contributed by atoms with E-state index in [0.29, 0.717) is 17.1 Å². The van der Waals surface area contributed by atoms with Gasteiger partial charge in [-0.25, -0.2) is 0 Å². The Morgan fingerprint density at radius 1 is 1.15 bits per heavy atom. The van der Waals surface area contributed by atoms with E-state index in [1.165, 1.54) is 7.11 Å². The molecule has 6 heteroatoms. The van der Waals surface area contributed by atoms with Crippen LogP contribution in [0.5, 0.6) is 11.5 Å². The molecule has 0 spiro atoms. The Labute approximate surface area is 158 Å². The fourth-order valence-electron chi connectivity index (χ4n) is 4.43. The Hall–Kier alpha value is -3.30. The molecule has 0 aromatic heterocycles. The first-order valence-electron chi connectivity index (χ1n) is 8.80. The van der Waals surface area contributed by atoms with Crippen LogP contribution in [0.15, 0.2) is 29.8 Å². The van der Waals surface area contributed by atoms with Gasteiger partial charge in [0.25, 0.3) is 0 Å². The smallest absolute Gasteiger partial charge is 0.189 e. The number of fused-ring (bicyclic) bond motifs is 1. The molecule has 3 rings (SSSR count). The van der Waals surface area contributed by atoms with Gasteiger partial charge in [0, 0.05) is 17.5 Å². The number of ether oxygens (including phenoxy) is 2. The minimum atomic E-state index is -1.71. The van der Waals surface area contributed by atoms with Crippen molar-refractivity contribution in [2.45, 2.75) is 25.2 Å². The molecule has 2 aliphatic rings. The first-order valence-corrected chi connectivity index (χ1v) is 8.80. The second-order valence-electron chi connectivity index (χ2n) is 6.83. The Balaban J connectivity index is 2.28. The van der Waals surface area contributed by atoms with Crippen LogP contribution in [-0.2, 0) is 0 Å². The summed E-state index contributed by atoms with van der Waals surface area (Å²) in [7, 11) is 3.08. The largest absolute Gasteiger partial charge is 0.497 e. The lowest BCUT2D eigenvalue weighted by atomic mass is 9.53. The third-order valence-corrected chi connectivity index (χ3v) is 5.70. The third kappa shape index (κ3) is 2.64. The lowest BCUT2D eigenvalue weighted by Gasteiger charge is -2.46. The number of benzene rings is 1. The standard InChI is InChI=1S/C21H20N4O2/c1-26-13-7-8-16(18(9-13)27-2)19-15-6-4-3-5-14(15)17(10-22)20(25)21(19,11-23)12-24/h5,7-9,15,17,19,25H,3-4,6H2,1-2H3/t15-,17+,19+/m0/s1. The molecule has 136 valence electrons. The van der Waals surface area contributed by atoms with E-state index in [4.69, 9.17) is 14.9 Å². The van der Waals surface area contributed by atoms with Crippen molar-refractivity contribution in [3.63, 3.8) is 0 Å². The highest BCUT2D eigenvalue weighted by atomic mass is 16.5. The van der Waals surface area contributed by atoms with Crippen LogP contribution in [0.3, 0.4) is 0 Å². The summed E-state index contributed by atoms with van der Waals surface area (Å²) in [5, 5.41) is 38.3. The van der Waals surface area contributed by atoms with Gasteiger partial charge in [-0.3, -0.25) is 0 Å². The van der Waals surface area contributed by atoms with Crippen molar-refractivity contribution in [1.82, 2.24) is 0 Å². The van der Waals surface area contributed by atoms with Gasteiger partial charge in [-0.15, -0.1) is 0 Å². The highest BCUT2D eigenvalue weighted by molar-refractivity contribution is 6.00. The van der Waals surface area contributed by atoms with Gasteiger partial charge in [-0.2, -0.15) is 15.8 Å². The number of nitrogens with zero attached hydrogens (tertiary/aromatic N) is 3. The number of nitrogens with one attached hydrogen (secondary N) is 1. The normalized spacial score (nSPS) is 25.8. The SMILES string of the molecule is COc1ccc([C@H]2[C@H]3CCCC=C3[C@@H](C#N)C(=N)C2(C#N)C#N)c(OC)c1. The zero-order valence-electron chi connectivity index (χ0n) is 15.3. The average molecular weight is 360 g/mol. The third-order valence-electron chi connectivity index (χ3n) is 5.70. The highest BCUT2D eigenvalue weighted by Crippen LogP contribution is 2.56. The molecule has 1 saturated carbocycles. The van der Waals surface area contributed by atoms with E-state index in [1.54, 1.807) is 25.3 Å². The quantitative estimate of drug-likeness (QED) is 0.825. The van der Waals surface area contributed by atoms with Crippen molar-refractivity contribution in [3.05, 3.63) is 35.4 Å². The van der Waals surface area contributed by atoms with E-state index in [9.17, 15) is 15.8 Å². The molecule has 3 atom stereocenters. The predicted octanol–water partition coefficient (Wildman–Crippen LogP) is 3.72. The molecule has 0 heterocycles. The van der Waals surface area contributed by atoms with Crippen LogP contribution in [0.2, 0.25) is 0 Å². The Bertz CT molecular complexity index is 915. The summed E-state index contributed by atoms with van der Waals surface area (Å²) in [5.41, 5.74) is -0.290. The van der Waals surface area contributed by atoms with Gasteiger partial charge in [0.2, 0.25) is 0 Å². The van der Waals surface area contributed by atoms with Crippen LogP contribution in [0.25, 0.3) is 0 Å². The molecule has 0 saturated heterocycles. The van der Waals surface area contributed by atoms with E-state index < -0.39 is 17.3 Å². The van der Waals surface area contributed by atoms with Crippen LogP contribution in [0, 0.1) is 56.7 Å². The van der Waals surface area contributed by atoms with Crippen molar-refractivity contribution in [1.29, 1.82) is 21.2 Å². The van der Waals surface area contributed by atoms with Gasteiger partial charge in [0.15, 0.2) is 5.41 Å². The van der Waals surface area contributed by atoms with Crippen molar-refractivity contribution < 1.29 is 9.47 Å². The van der Waals surface area contributed by atoms with Crippen LogP contribution in [-0.4, -0.2) is 19.9 Å². The molecular formula is C21H20N4O2. The van der Waals surface area contributed by atoms with Gasteiger partial charge in [-0.05, 0) is 36.8 Å². The minimum absolute atomic E-state index is 0.137. The predicted molar refractivity (Wildman–Crippen MR) is 98.2 cm³/mol. The number of allylic oxidation sites excluding steroid dienone is 2. The molecule has 1 N–H and O–H groups in total. The van der Waals surface area contributed by atoms with Gasteiger partial charge < -0.3 is 14.9 Å². The Morgan fingerprint density at radius 2 is 1.89 bits per heavy atom. The van der Waals surface area contributed by atoms with Gasteiger partial charge >= 0.3 is 0 Å². The van der Waals surface area contributed by atoms with Gasteiger partial charge in [0.05, 0.1) is 38.1 Å². The maximum Gasteiger partial charge on any atom is 0.189 e. The monoisotopic (exact) mass is 360 g/mol. The fraction of sp³-hybridized carbons (Fsp3) is 0.429. The summed E-state index contributed by atoms with van der Waals surface area (Å²) >= 11 is 0. The molecule has 0 bridgehead atoms. The molecule has 1 fully saturated rings. The van der Waals surface area contributed by atoms with E-state index in [-0.39, 0.29) is 11.6 Å². The molecule has 1 aromatic rings. The van der Waals surface area contributed by atoms with Crippen LogP contribution < -0.4 is 9.47 Å². The first kappa shape index (κ1) is 18.5. The Kier molecular flexibility index (Phi) is 4.89. The molecule has 0 amide bonds. The van der Waals surface area contributed by atoms with Crippen molar-refractivity contribution in [3.8, 4) is 29.7 Å². The maximum absolute atomic E-state index is 10.0. The molecule has 0 aliphatic heterocycles. The molecule has 1 aromatic carbocycles. The molecular weight excluding hydrogens is 340 g/mol. The average Bonchev–Trinajstić information content (AvgIpc) is 2.72. The van der Waals surface area contributed by atoms with Crippen molar-refractivity contribution >= 4 is 5.71 Å². The zero-order chi connectivity index (χ0) is 19.6. The second-order valence-corrected chi connectivity index (χ2v) is 6.83.